The molecule has 0 saturated carbocycles. The topological polar surface area (TPSA) is 66.5 Å². The Balaban J connectivity index is 2.17. The lowest BCUT2D eigenvalue weighted by molar-refractivity contribution is -0.122. The highest BCUT2D eigenvalue weighted by atomic mass is 32.2. The summed E-state index contributed by atoms with van der Waals surface area (Å²) < 4.78 is 25.5. The molecule has 0 aliphatic carbocycles. The van der Waals surface area contributed by atoms with Crippen LogP contribution in [0.15, 0.2) is 54.6 Å². The summed E-state index contributed by atoms with van der Waals surface area (Å²) in [5, 5.41) is 2.79. The summed E-state index contributed by atoms with van der Waals surface area (Å²) >= 11 is 0. The molecule has 0 bridgehead atoms. The minimum absolute atomic E-state index is 0.343. The van der Waals surface area contributed by atoms with Gasteiger partial charge in [-0.3, -0.25) is 9.10 Å². The van der Waals surface area contributed by atoms with E-state index >= 15 is 0 Å². The fourth-order valence-electron chi connectivity index (χ4n) is 2.43. The molecule has 0 unspecified atom stereocenters. The van der Waals surface area contributed by atoms with Crippen molar-refractivity contribution in [3.05, 3.63) is 65.7 Å². The van der Waals surface area contributed by atoms with E-state index in [1.54, 1.807) is 19.1 Å². The fraction of sp³-hybridized carbons (Fsp3) is 0.278. The molecule has 5 nitrogen and oxygen atoms in total. The first-order chi connectivity index (χ1) is 11.3. The largest absolute Gasteiger partial charge is 0.350 e. The molecule has 1 amide bonds. The van der Waals surface area contributed by atoms with Gasteiger partial charge in [0.05, 0.1) is 11.9 Å². The lowest BCUT2D eigenvalue weighted by Crippen LogP contribution is -2.47. The Labute approximate surface area is 143 Å². The summed E-state index contributed by atoms with van der Waals surface area (Å²) in [7, 11) is -3.59. The van der Waals surface area contributed by atoms with Crippen LogP contribution < -0.4 is 9.62 Å². The molecule has 0 heterocycles. The van der Waals surface area contributed by atoms with Gasteiger partial charge in [-0.15, -0.1) is 0 Å². The second-order valence-electron chi connectivity index (χ2n) is 5.77. The minimum Gasteiger partial charge on any atom is -0.350 e. The van der Waals surface area contributed by atoms with Gasteiger partial charge in [-0.2, -0.15) is 0 Å². The quantitative estimate of drug-likeness (QED) is 0.874. The van der Waals surface area contributed by atoms with Crippen molar-refractivity contribution in [3.63, 3.8) is 0 Å². The molecule has 0 aliphatic rings. The molecule has 0 saturated heterocycles. The van der Waals surface area contributed by atoms with Crippen LogP contribution in [0, 0.1) is 6.92 Å². The number of nitrogens with zero attached hydrogens (tertiary/aromatic N) is 1. The van der Waals surface area contributed by atoms with Gasteiger partial charge in [0.2, 0.25) is 15.9 Å². The van der Waals surface area contributed by atoms with Gasteiger partial charge < -0.3 is 5.32 Å². The van der Waals surface area contributed by atoms with Crippen LogP contribution in [0.5, 0.6) is 0 Å². The molecule has 0 spiro atoms. The predicted molar refractivity (Wildman–Crippen MR) is 96.3 cm³/mol. The maximum Gasteiger partial charge on any atom is 0.243 e. The van der Waals surface area contributed by atoms with Gasteiger partial charge in [-0.1, -0.05) is 48.0 Å². The Kier molecular flexibility index (Phi) is 5.62. The zero-order valence-corrected chi connectivity index (χ0v) is 14.9. The van der Waals surface area contributed by atoms with Gasteiger partial charge in [0.15, 0.2) is 0 Å². The zero-order chi connectivity index (χ0) is 17.7. The summed E-state index contributed by atoms with van der Waals surface area (Å²) in [6.45, 7) is 3.86. The highest BCUT2D eigenvalue weighted by molar-refractivity contribution is 7.92. The number of benzene rings is 2. The number of nitrogens with one attached hydrogen (secondary N) is 1. The number of amides is 1. The number of rotatable bonds is 6. The molecule has 1 atom stereocenters. The number of aryl methyl sites for hydroxylation is 1. The molecule has 128 valence electrons. The number of sulfonamides is 1. The fourth-order valence-corrected chi connectivity index (χ4v) is 3.61. The van der Waals surface area contributed by atoms with Crippen molar-refractivity contribution in [2.75, 3.05) is 10.6 Å². The van der Waals surface area contributed by atoms with Gasteiger partial charge in [0.1, 0.15) is 6.04 Å². The third kappa shape index (κ3) is 4.58. The van der Waals surface area contributed by atoms with Crippen molar-refractivity contribution in [3.8, 4) is 0 Å². The lowest BCUT2D eigenvalue weighted by Gasteiger charge is -2.28. The Morgan fingerprint density at radius 3 is 2.21 bits per heavy atom. The van der Waals surface area contributed by atoms with E-state index in [2.05, 4.69) is 5.32 Å². The molecular formula is C18H22N2O3S. The Bertz CT molecular complexity index is 787. The number of hydrogen-bond acceptors (Lipinski definition) is 3. The van der Waals surface area contributed by atoms with Crippen LogP contribution >= 0.6 is 0 Å². The average molecular weight is 346 g/mol. The molecular weight excluding hydrogens is 324 g/mol. The zero-order valence-electron chi connectivity index (χ0n) is 14.1. The second kappa shape index (κ2) is 7.49. The van der Waals surface area contributed by atoms with Crippen molar-refractivity contribution in [2.24, 2.45) is 0 Å². The Hall–Kier alpha value is -2.34. The third-order valence-corrected chi connectivity index (χ3v) is 4.93. The molecule has 2 aromatic rings. The molecule has 0 radical (unpaired) electrons. The maximum absolute atomic E-state index is 12.4. The van der Waals surface area contributed by atoms with Gasteiger partial charge >= 0.3 is 0 Å². The van der Waals surface area contributed by atoms with Gasteiger partial charge in [-0.05, 0) is 31.5 Å². The van der Waals surface area contributed by atoms with Gasteiger partial charge in [-0.25, -0.2) is 8.42 Å². The number of carbonyl (C=O) groups is 1. The second-order valence-corrected chi connectivity index (χ2v) is 7.63. The Morgan fingerprint density at radius 2 is 1.67 bits per heavy atom. The summed E-state index contributed by atoms with van der Waals surface area (Å²) in [6.07, 6.45) is 1.10. The molecule has 0 fully saturated rings. The third-order valence-electron chi connectivity index (χ3n) is 3.69. The van der Waals surface area contributed by atoms with Crippen LogP contribution in [0.3, 0.4) is 0 Å². The first-order valence-corrected chi connectivity index (χ1v) is 9.51. The van der Waals surface area contributed by atoms with Crippen molar-refractivity contribution in [1.29, 1.82) is 0 Å². The Morgan fingerprint density at radius 1 is 1.08 bits per heavy atom. The van der Waals surface area contributed by atoms with Gasteiger partial charge in [0.25, 0.3) is 0 Å². The van der Waals surface area contributed by atoms with Crippen molar-refractivity contribution in [1.82, 2.24) is 5.32 Å². The van der Waals surface area contributed by atoms with Crippen molar-refractivity contribution < 1.29 is 13.2 Å². The average Bonchev–Trinajstić information content (AvgIpc) is 2.54. The van der Waals surface area contributed by atoms with E-state index < -0.39 is 16.1 Å². The predicted octanol–water partition coefficient (Wildman–Crippen LogP) is 2.47. The van der Waals surface area contributed by atoms with Crippen LogP contribution in [0.1, 0.15) is 18.1 Å². The van der Waals surface area contributed by atoms with E-state index in [-0.39, 0.29) is 5.91 Å². The summed E-state index contributed by atoms with van der Waals surface area (Å²) in [5.74, 6) is -0.343. The molecule has 1 N–H and O–H groups in total. The van der Waals surface area contributed by atoms with E-state index in [0.29, 0.717) is 12.2 Å². The molecule has 2 aromatic carbocycles. The molecule has 0 aliphatic heterocycles. The minimum atomic E-state index is -3.59. The maximum atomic E-state index is 12.4. The highest BCUT2D eigenvalue weighted by Gasteiger charge is 2.28. The smallest absolute Gasteiger partial charge is 0.243 e. The standard InChI is InChI=1S/C18H22N2O3S/c1-14-9-11-17(12-10-14)20(24(3,22)23)15(2)18(21)19-13-16-7-5-4-6-8-16/h4-12,15H,13H2,1-3H3,(H,19,21)/t15-/m1/s1. The van der Waals surface area contributed by atoms with Gasteiger partial charge in [0, 0.05) is 6.54 Å². The van der Waals surface area contributed by atoms with E-state index in [9.17, 15) is 13.2 Å². The first-order valence-electron chi connectivity index (χ1n) is 7.67. The van der Waals surface area contributed by atoms with Crippen LogP contribution in [0.25, 0.3) is 0 Å². The van der Waals surface area contributed by atoms with E-state index in [1.165, 1.54) is 0 Å². The number of anilines is 1. The molecule has 0 aromatic heterocycles. The number of carbonyl (C=O) groups excluding carboxylic acids is 1. The lowest BCUT2D eigenvalue weighted by atomic mass is 10.2. The summed E-state index contributed by atoms with van der Waals surface area (Å²) in [4.78, 5) is 12.4. The first kappa shape index (κ1) is 18.0. The van der Waals surface area contributed by atoms with Crippen LogP contribution in [-0.4, -0.2) is 26.6 Å². The SMILES string of the molecule is Cc1ccc(N([C@H](C)C(=O)NCc2ccccc2)S(C)(=O)=O)cc1. The van der Waals surface area contributed by atoms with Crippen LogP contribution in [0.4, 0.5) is 5.69 Å². The monoisotopic (exact) mass is 346 g/mol. The normalized spacial score (nSPS) is 12.5. The highest BCUT2D eigenvalue weighted by Crippen LogP contribution is 2.21. The van der Waals surface area contributed by atoms with Crippen LogP contribution in [-0.2, 0) is 21.4 Å². The van der Waals surface area contributed by atoms with Crippen molar-refractivity contribution in [2.45, 2.75) is 26.4 Å². The van der Waals surface area contributed by atoms with Crippen molar-refractivity contribution >= 4 is 21.6 Å². The van der Waals surface area contributed by atoms with E-state index in [4.69, 9.17) is 0 Å². The summed E-state index contributed by atoms with van der Waals surface area (Å²) in [6, 6.07) is 15.7. The number of hydrogen-bond donors (Lipinski definition) is 1. The van der Waals surface area contributed by atoms with Crippen LogP contribution in [0.2, 0.25) is 0 Å². The molecule has 24 heavy (non-hydrogen) atoms. The van der Waals surface area contributed by atoms with E-state index in [0.717, 1.165) is 21.7 Å². The van der Waals surface area contributed by atoms with E-state index in [1.807, 2.05) is 49.4 Å². The summed E-state index contributed by atoms with van der Waals surface area (Å²) in [5.41, 5.74) is 2.46. The molecule has 6 heteroatoms. The molecule has 2 rings (SSSR count).